The van der Waals surface area contributed by atoms with Crippen LogP contribution in [0.15, 0.2) is 206 Å². The molecule has 66 heavy (non-hydrogen) atoms. The number of hydrogen-bond acceptors (Lipinski definition) is 3. The molecule has 2 heterocycles. The number of nitrogens with zero attached hydrogens (tertiary/aromatic N) is 3. The van der Waals surface area contributed by atoms with E-state index in [9.17, 15) is 5.11 Å². The highest BCUT2D eigenvalue weighted by Gasteiger charge is 2.29. The Kier molecular flexibility index (Phi) is 9.38. The zero-order valence-electron chi connectivity index (χ0n) is 43.0. The van der Waals surface area contributed by atoms with E-state index in [-0.39, 0.29) is 28.8 Å². The van der Waals surface area contributed by atoms with E-state index in [0.717, 1.165) is 77.9 Å². The fraction of sp³-hybridized carbons (Fsp3) is 0.129. The van der Waals surface area contributed by atoms with E-state index in [0.29, 0.717) is 22.6 Å². The number of imidazole rings is 1. The number of benzene rings is 8. The monoisotopic (exact) mass is 860 g/mol. The summed E-state index contributed by atoms with van der Waals surface area (Å²) in [6.07, 6.45) is 1.62. The summed E-state index contributed by atoms with van der Waals surface area (Å²) >= 11 is 0. The SMILES string of the molecule is [2H]c1c([2H])c([2H])c(-c2ccnc(-c3cc(-c4ccccc4)cc(-c4cccc5c4nc(-c4cc(C(C)(C)C)cc(C(C)(C)C)c4O)n5-c4ccc(-c5ccccc5)cc4-c4ccccc4)c3)c2)c([2H])c1[2H]. The number of rotatable bonds is 8. The average molecular weight is 861 g/mol. The van der Waals surface area contributed by atoms with E-state index in [4.69, 9.17) is 16.8 Å². The number of hydrogen-bond donors (Lipinski definition) is 1. The smallest absolute Gasteiger partial charge is 0.149 e. The molecule has 0 fully saturated rings. The Balaban J connectivity index is 1.27. The molecular formula is C62H53N3O. The van der Waals surface area contributed by atoms with Crippen LogP contribution in [0, 0.1) is 0 Å². The van der Waals surface area contributed by atoms with Crippen LogP contribution in [-0.2, 0) is 10.8 Å². The maximum absolute atomic E-state index is 12.6. The molecule has 10 rings (SSSR count). The first-order chi connectivity index (χ1) is 34.0. The Morgan fingerprint density at radius 3 is 1.76 bits per heavy atom. The highest BCUT2D eigenvalue weighted by atomic mass is 16.3. The first-order valence-corrected chi connectivity index (χ1v) is 22.4. The van der Waals surface area contributed by atoms with Crippen LogP contribution in [0.1, 0.15) is 59.5 Å². The molecule has 322 valence electrons. The van der Waals surface area contributed by atoms with E-state index in [1.807, 2.05) is 30.3 Å². The molecule has 0 aliphatic carbocycles. The van der Waals surface area contributed by atoms with Crippen molar-refractivity contribution in [1.29, 1.82) is 0 Å². The summed E-state index contributed by atoms with van der Waals surface area (Å²) < 4.78 is 44.7. The Bertz CT molecular complexity index is 3640. The maximum Gasteiger partial charge on any atom is 0.149 e. The predicted octanol–water partition coefficient (Wildman–Crippen LogP) is 16.4. The van der Waals surface area contributed by atoms with Crippen LogP contribution in [-0.4, -0.2) is 19.6 Å². The topological polar surface area (TPSA) is 50.9 Å². The highest BCUT2D eigenvalue weighted by Crippen LogP contribution is 2.46. The number of para-hydroxylation sites is 1. The first kappa shape index (κ1) is 36.5. The van der Waals surface area contributed by atoms with Crippen LogP contribution >= 0.6 is 0 Å². The van der Waals surface area contributed by atoms with Gasteiger partial charge in [-0.2, -0.15) is 0 Å². The van der Waals surface area contributed by atoms with Gasteiger partial charge in [-0.05, 0) is 115 Å². The molecule has 0 saturated carbocycles. The lowest BCUT2D eigenvalue weighted by Gasteiger charge is -2.27. The molecule has 1 N–H and O–H groups in total. The first-order valence-electron chi connectivity index (χ1n) is 24.9. The highest BCUT2D eigenvalue weighted by molar-refractivity contribution is 5.99. The van der Waals surface area contributed by atoms with Crippen molar-refractivity contribution in [1.82, 2.24) is 14.5 Å². The summed E-state index contributed by atoms with van der Waals surface area (Å²) in [6.45, 7) is 13.0. The third kappa shape index (κ3) is 8.12. The van der Waals surface area contributed by atoms with Crippen molar-refractivity contribution < 1.29 is 12.0 Å². The van der Waals surface area contributed by atoms with Gasteiger partial charge in [-0.15, -0.1) is 0 Å². The van der Waals surface area contributed by atoms with Gasteiger partial charge in [-0.1, -0.05) is 187 Å². The van der Waals surface area contributed by atoms with Gasteiger partial charge in [-0.25, -0.2) is 4.98 Å². The molecular weight excluding hydrogens is 803 g/mol. The molecule has 0 unspecified atom stereocenters. The summed E-state index contributed by atoms with van der Waals surface area (Å²) in [5.74, 6) is 0.780. The van der Waals surface area contributed by atoms with Gasteiger partial charge in [0, 0.05) is 28.5 Å². The third-order valence-corrected chi connectivity index (χ3v) is 12.3. The lowest BCUT2D eigenvalue weighted by molar-refractivity contribution is 0.446. The van der Waals surface area contributed by atoms with Gasteiger partial charge in [0.05, 0.1) is 34.8 Å². The molecule has 0 radical (unpaired) electrons. The van der Waals surface area contributed by atoms with Gasteiger partial charge < -0.3 is 5.11 Å². The lowest BCUT2D eigenvalue weighted by atomic mass is 9.79. The van der Waals surface area contributed by atoms with E-state index >= 15 is 0 Å². The second kappa shape index (κ2) is 17.0. The van der Waals surface area contributed by atoms with Crippen LogP contribution in [0.3, 0.4) is 0 Å². The summed E-state index contributed by atoms with van der Waals surface area (Å²) in [5, 5.41) is 12.6. The quantitative estimate of drug-likeness (QED) is 0.166. The molecule has 0 amide bonds. The summed E-state index contributed by atoms with van der Waals surface area (Å²) in [5.41, 5.74) is 14.1. The van der Waals surface area contributed by atoms with Crippen molar-refractivity contribution in [3.63, 3.8) is 0 Å². The minimum Gasteiger partial charge on any atom is -0.507 e. The van der Waals surface area contributed by atoms with E-state index in [1.54, 1.807) is 18.3 Å². The van der Waals surface area contributed by atoms with Crippen molar-refractivity contribution >= 4 is 11.0 Å². The van der Waals surface area contributed by atoms with Crippen LogP contribution < -0.4 is 0 Å². The Morgan fingerprint density at radius 1 is 0.470 bits per heavy atom. The van der Waals surface area contributed by atoms with Crippen molar-refractivity contribution in [2.45, 2.75) is 52.4 Å². The number of pyridine rings is 1. The minimum atomic E-state index is -0.440. The van der Waals surface area contributed by atoms with E-state index in [1.165, 1.54) is 0 Å². The molecule has 2 aromatic heterocycles. The Hall–Kier alpha value is -7.82. The second-order valence-corrected chi connectivity index (χ2v) is 18.9. The van der Waals surface area contributed by atoms with Crippen molar-refractivity contribution in [3.05, 3.63) is 217 Å². The van der Waals surface area contributed by atoms with E-state index < -0.39 is 23.5 Å². The number of fused-ring (bicyclic) bond motifs is 1. The molecule has 4 nitrogen and oxygen atoms in total. The van der Waals surface area contributed by atoms with Crippen LogP contribution in [0.2, 0.25) is 0 Å². The minimum absolute atomic E-state index is 0.113. The van der Waals surface area contributed by atoms with Crippen LogP contribution in [0.4, 0.5) is 0 Å². The largest absolute Gasteiger partial charge is 0.507 e. The van der Waals surface area contributed by atoms with Crippen molar-refractivity contribution in [2.24, 2.45) is 0 Å². The number of phenols is 1. The Morgan fingerprint density at radius 2 is 1.09 bits per heavy atom. The molecule has 0 aliphatic rings. The average Bonchev–Trinajstić information content (AvgIpc) is 3.77. The van der Waals surface area contributed by atoms with Gasteiger partial charge in [0.2, 0.25) is 0 Å². The molecule has 4 heteroatoms. The van der Waals surface area contributed by atoms with Gasteiger partial charge in [-0.3, -0.25) is 9.55 Å². The molecule has 8 aromatic carbocycles. The molecule has 0 atom stereocenters. The van der Waals surface area contributed by atoms with Gasteiger partial charge in [0.15, 0.2) is 0 Å². The lowest BCUT2D eigenvalue weighted by Crippen LogP contribution is -2.17. The predicted molar refractivity (Wildman–Crippen MR) is 276 cm³/mol. The molecule has 0 saturated heterocycles. The Labute approximate surface area is 395 Å². The van der Waals surface area contributed by atoms with Gasteiger partial charge in [0.1, 0.15) is 11.6 Å². The number of aromatic nitrogens is 3. The standard InChI is InChI=1S/C62H53N3O/c1-61(2,3)50-39-53(59(66)54(40-50)62(4,5)6)60-64-58-51(28-19-29-57(58)65(60)56-31-30-45(41-20-11-7-12-21-41)37-52(56)44-26-17-10-18-27-44)48-34-47(43-24-15-9-16-25-43)35-49(36-48)55-38-46(32-33-63-55)42-22-13-8-14-23-42/h7-40,66H,1-6H3/i8D,13D,14D,22D,23D. The third-order valence-electron chi connectivity index (χ3n) is 12.3. The fourth-order valence-corrected chi connectivity index (χ4v) is 8.82. The fourth-order valence-electron chi connectivity index (χ4n) is 8.82. The zero-order chi connectivity index (χ0) is 49.9. The van der Waals surface area contributed by atoms with Crippen LogP contribution in [0.5, 0.6) is 5.75 Å². The normalized spacial score (nSPS) is 12.9. The maximum atomic E-state index is 12.6. The van der Waals surface area contributed by atoms with E-state index in [2.05, 4.69) is 174 Å². The number of aromatic hydroxyl groups is 1. The van der Waals surface area contributed by atoms with Crippen molar-refractivity contribution in [3.8, 4) is 89.7 Å². The second-order valence-electron chi connectivity index (χ2n) is 18.9. The summed E-state index contributed by atoms with van der Waals surface area (Å²) in [4.78, 5) is 10.5. The molecule has 0 spiro atoms. The zero-order valence-corrected chi connectivity index (χ0v) is 38.0. The summed E-state index contributed by atoms with van der Waals surface area (Å²) in [7, 11) is 0. The number of phenolic OH excluding ortho intramolecular Hbond substituents is 1. The van der Waals surface area contributed by atoms with Crippen molar-refractivity contribution in [2.75, 3.05) is 0 Å². The molecule has 0 bridgehead atoms. The van der Waals surface area contributed by atoms with Gasteiger partial charge in [0.25, 0.3) is 0 Å². The summed E-state index contributed by atoms with van der Waals surface area (Å²) in [6, 6.07) is 55.9. The molecule has 0 aliphatic heterocycles. The molecule has 10 aromatic rings. The van der Waals surface area contributed by atoms with Gasteiger partial charge >= 0.3 is 0 Å². The van der Waals surface area contributed by atoms with Crippen LogP contribution in [0.25, 0.3) is 95.0 Å².